The summed E-state index contributed by atoms with van der Waals surface area (Å²) < 4.78 is 11.0. The van der Waals surface area contributed by atoms with Gasteiger partial charge < -0.3 is 24.8 Å². The Bertz CT molecular complexity index is 390. The monoisotopic (exact) mass is 428 g/mol. The zero-order valence-electron chi connectivity index (χ0n) is 19.2. The first-order valence-electron chi connectivity index (χ1n) is 12.5. The van der Waals surface area contributed by atoms with Gasteiger partial charge in [0.05, 0.1) is 13.2 Å². The fourth-order valence-corrected chi connectivity index (χ4v) is 4.13. The summed E-state index contributed by atoms with van der Waals surface area (Å²) in [6.45, 7) is 4.22. The van der Waals surface area contributed by atoms with E-state index in [0.29, 0.717) is 6.61 Å². The quantitative estimate of drug-likeness (QED) is 0.179. The van der Waals surface area contributed by atoms with Gasteiger partial charge in [0, 0.05) is 6.61 Å². The molecule has 3 N–H and O–H groups in total. The van der Waals surface area contributed by atoms with E-state index in [4.69, 9.17) is 9.47 Å². The molecule has 1 fully saturated rings. The van der Waals surface area contributed by atoms with Crippen LogP contribution in [-0.2, 0) is 9.47 Å². The van der Waals surface area contributed by atoms with Crippen LogP contribution in [0.5, 0.6) is 0 Å². The second-order valence-corrected chi connectivity index (χ2v) is 8.83. The molecule has 5 nitrogen and oxygen atoms in total. The lowest BCUT2D eigenvalue weighted by molar-refractivity contribution is -0.101. The molecule has 0 bridgehead atoms. The Balaban J connectivity index is 1.80. The van der Waals surface area contributed by atoms with Crippen molar-refractivity contribution in [2.75, 3.05) is 19.8 Å². The molecule has 5 heteroatoms. The summed E-state index contributed by atoms with van der Waals surface area (Å²) in [4.78, 5) is 0. The SMILES string of the molecule is C=CCCCCCCCCCCCCCCCCCO[C@H](CO)[C@@H]1OC[C@H](O)[C@@H]1O. The summed E-state index contributed by atoms with van der Waals surface area (Å²) >= 11 is 0. The highest BCUT2D eigenvalue weighted by Crippen LogP contribution is 2.20. The van der Waals surface area contributed by atoms with Gasteiger partial charge in [-0.15, -0.1) is 6.58 Å². The summed E-state index contributed by atoms with van der Waals surface area (Å²) in [6.07, 6.45) is 19.8. The molecule has 0 aromatic rings. The van der Waals surface area contributed by atoms with E-state index in [1.807, 2.05) is 6.08 Å². The third-order valence-corrected chi connectivity index (χ3v) is 6.12. The lowest BCUT2D eigenvalue weighted by Gasteiger charge is -2.24. The second-order valence-electron chi connectivity index (χ2n) is 8.83. The number of rotatable bonds is 21. The molecule has 30 heavy (non-hydrogen) atoms. The first kappa shape index (κ1) is 27.6. The molecule has 0 aliphatic carbocycles. The zero-order chi connectivity index (χ0) is 21.9. The minimum Gasteiger partial charge on any atom is -0.394 e. The minimum absolute atomic E-state index is 0.0993. The van der Waals surface area contributed by atoms with E-state index >= 15 is 0 Å². The maximum Gasteiger partial charge on any atom is 0.114 e. The largest absolute Gasteiger partial charge is 0.394 e. The Morgan fingerprint density at radius 1 is 0.800 bits per heavy atom. The molecule has 0 spiro atoms. The van der Waals surface area contributed by atoms with Crippen molar-refractivity contribution >= 4 is 0 Å². The average molecular weight is 429 g/mol. The van der Waals surface area contributed by atoms with Crippen LogP contribution in [0.3, 0.4) is 0 Å². The normalized spacial score (nSPS) is 22.4. The summed E-state index contributed by atoms with van der Waals surface area (Å²) in [6, 6.07) is 0. The van der Waals surface area contributed by atoms with Gasteiger partial charge >= 0.3 is 0 Å². The highest BCUT2D eigenvalue weighted by Gasteiger charge is 2.40. The Hall–Kier alpha value is -0.460. The van der Waals surface area contributed by atoms with E-state index in [0.717, 1.165) is 12.8 Å². The number of hydrogen-bond acceptors (Lipinski definition) is 5. The lowest BCUT2D eigenvalue weighted by Crippen LogP contribution is -2.42. The van der Waals surface area contributed by atoms with E-state index in [1.165, 1.54) is 89.9 Å². The fraction of sp³-hybridized carbons (Fsp3) is 0.920. The molecule has 0 amide bonds. The van der Waals surface area contributed by atoms with Gasteiger partial charge in [0.25, 0.3) is 0 Å². The van der Waals surface area contributed by atoms with Crippen LogP contribution in [0.25, 0.3) is 0 Å². The highest BCUT2D eigenvalue weighted by molar-refractivity contribution is 4.88. The molecule has 0 radical (unpaired) electrons. The van der Waals surface area contributed by atoms with E-state index in [2.05, 4.69) is 6.58 Å². The first-order valence-corrected chi connectivity index (χ1v) is 12.5. The molecule has 0 saturated carbocycles. The number of hydrogen-bond donors (Lipinski definition) is 3. The summed E-state index contributed by atoms with van der Waals surface area (Å²) in [7, 11) is 0. The smallest absolute Gasteiger partial charge is 0.114 e. The summed E-state index contributed by atoms with van der Waals surface area (Å²) in [5, 5.41) is 28.8. The summed E-state index contributed by atoms with van der Waals surface area (Å²) in [5.74, 6) is 0. The van der Waals surface area contributed by atoms with Gasteiger partial charge in [-0.05, 0) is 19.3 Å². The van der Waals surface area contributed by atoms with Crippen molar-refractivity contribution in [1.29, 1.82) is 0 Å². The third-order valence-electron chi connectivity index (χ3n) is 6.12. The van der Waals surface area contributed by atoms with Crippen LogP contribution in [-0.4, -0.2) is 59.6 Å². The molecule has 0 aromatic heterocycles. The Morgan fingerprint density at radius 2 is 1.27 bits per heavy atom. The van der Waals surface area contributed by atoms with Gasteiger partial charge in [0.15, 0.2) is 0 Å². The highest BCUT2D eigenvalue weighted by atomic mass is 16.6. The Labute approximate surface area is 184 Å². The second kappa shape index (κ2) is 19.2. The maximum atomic E-state index is 9.84. The van der Waals surface area contributed by atoms with Gasteiger partial charge in [0.1, 0.15) is 24.4 Å². The molecule has 1 saturated heterocycles. The fourth-order valence-electron chi connectivity index (χ4n) is 4.13. The molecular weight excluding hydrogens is 380 g/mol. The topological polar surface area (TPSA) is 79.2 Å². The van der Waals surface area contributed by atoms with Crippen molar-refractivity contribution in [2.45, 2.75) is 127 Å². The van der Waals surface area contributed by atoms with Crippen molar-refractivity contribution in [3.8, 4) is 0 Å². The van der Waals surface area contributed by atoms with E-state index in [9.17, 15) is 15.3 Å². The van der Waals surface area contributed by atoms with Crippen LogP contribution in [0.2, 0.25) is 0 Å². The molecule has 4 atom stereocenters. The lowest BCUT2D eigenvalue weighted by atomic mass is 10.0. The Morgan fingerprint density at radius 3 is 1.67 bits per heavy atom. The van der Waals surface area contributed by atoms with Crippen molar-refractivity contribution < 1.29 is 24.8 Å². The predicted octanol–water partition coefficient (Wildman–Crippen LogP) is 4.91. The van der Waals surface area contributed by atoms with Crippen LogP contribution in [0.1, 0.15) is 103 Å². The number of unbranched alkanes of at least 4 members (excludes halogenated alkanes) is 15. The number of allylic oxidation sites excluding steroid dienone is 1. The van der Waals surface area contributed by atoms with E-state index < -0.39 is 24.4 Å². The van der Waals surface area contributed by atoms with E-state index in [1.54, 1.807) is 0 Å². The van der Waals surface area contributed by atoms with E-state index in [-0.39, 0.29) is 13.2 Å². The molecule has 1 aliphatic heterocycles. The number of ether oxygens (including phenoxy) is 2. The molecule has 1 rings (SSSR count). The van der Waals surface area contributed by atoms with Crippen LogP contribution >= 0.6 is 0 Å². The van der Waals surface area contributed by atoms with Gasteiger partial charge in [-0.2, -0.15) is 0 Å². The zero-order valence-corrected chi connectivity index (χ0v) is 19.2. The van der Waals surface area contributed by atoms with Gasteiger partial charge in [-0.3, -0.25) is 0 Å². The van der Waals surface area contributed by atoms with Crippen molar-refractivity contribution in [3.05, 3.63) is 12.7 Å². The molecule has 1 heterocycles. The van der Waals surface area contributed by atoms with Crippen molar-refractivity contribution in [3.63, 3.8) is 0 Å². The van der Waals surface area contributed by atoms with Gasteiger partial charge in [-0.1, -0.05) is 89.5 Å². The Kier molecular flexibility index (Phi) is 17.7. The van der Waals surface area contributed by atoms with Crippen LogP contribution < -0.4 is 0 Å². The number of aliphatic hydroxyl groups excluding tert-OH is 3. The van der Waals surface area contributed by atoms with Gasteiger partial charge in [-0.25, -0.2) is 0 Å². The maximum absolute atomic E-state index is 9.84. The first-order chi connectivity index (χ1) is 14.7. The molecular formula is C25H48O5. The van der Waals surface area contributed by atoms with Crippen LogP contribution in [0.4, 0.5) is 0 Å². The molecule has 0 aromatic carbocycles. The summed E-state index contributed by atoms with van der Waals surface area (Å²) in [5.41, 5.74) is 0. The standard InChI is InChI=1S/C25H48O5/c1-2-3-4-5-6-7-8-9-10-11-12-13-14-15-16-17-18-19-29-23(20-26)25-24(28)22(27)21-30-25/h2,22-28H,1,3-21H2/t22-,23+,24-,25-/m0/s1. The third kappa shape index (κ3) is 13.1. The minimum atomic E-state index is -0.977. The van der Waals surface area contributed by atoms with Gasteiger partial charge in [0.2, 0.25) is 0 Å². The predicted molar refractivity (Wildman–Crippen MR) is 123 cm³/mol. The molecule has 178 valence electrons. The number of aliphatic hydroxyl groups is 3. The van der Waals surface area contributed by atoms with Crippen molar-refractivity contribution in [1.82, 2.24) is 0 Å². The molecule has 0 unspecified atom stereocenters. The molecule has 1 aliphatic rings. The van der Waals surface area contributed by atoms with Crippen molar-refractivity contribution in [2.24, 2.45) is 0 Å². The van der Waals surface area contributed by atoms with Crippen LogP contribution in [0.15, 0.2) is 12.7 Å². The average Bonchev–Trinajstić information content (AvgIpc) is 3.08. The van der Waals surface area contributed by atoms with Crippen LogP contribution in [0, 0.1) is 0 Å².